The van der Waals surface area contributed by atoms with Gasteiger partial charge in [0.05, 0.1) is 12.0 Å². The van der Waals surface area contributed by atoms with Crippen LogP contribution in [-0.2, 0) is 21.5 Å². The van der Waals surface area contributed by atoms with E-state index < -0.39 is 11.1 Å². The Morgan fingerprint density at radius 3 is 2.54 bits per heavy atom. The average molecular weight is 337 g/mol. The van der Waals surface area contributed by atoms with Crippen molar-refractivity contribution in [2.24, 2.45) is 17.6 Å². The summed E-state index contributed by atoms with van der Waals surface area (Å²) in [5.41, 5.74) is 5.54. The van der Waals surface area contributed by atoms with Crippen LogP contribution in [0.15, 0.2) is 4.52 Å². The van der Waals surface area contributed by atoms with E-state index in [-0.39, 0.29) is 12.4 Å². The second-order valence-electron chi connectivity index (χ2n) is 8.34. The number of hydrogen-bond acceptors (Lipinski definition) is 6. The Morgan fingerprint density at radius 1 is 1.38 bits per heavy atom. The fourth-order valence-corrected chi connectivity index (χ4v) is 3.21. The molecule has 0 unspecified atom stereocenters. The number of hydrogen-bond donors (Lipinski definition) is 1. The lowest BCUT2D eigenvalue weighted by atomic mass is 9.73. The number of aromatic nitrogens is 2. The molecule has 0 bridgehead atoms. The highest BCUT2D eigenvalue weighted by Gasteiger charge is 2.38. The topological polar surface area (TPSA) is 91.2 Å². The van der Waals surface area contributed by atoms with Gasteiger partial charge in [-0.15, -0.1) is 0 Å². The van der Waals surface area contributed by atoms with Crippen molar-refractivity contribution >= 4 is 5.97 Å². The summed E-state index contributed by atoms with van der Waals surface area (Å²) < 4.78 is 10.6. The van der Waals surface area contributed by atoms with Crippen LogP contribution in [0.5, 0.6) is 0 Å². The van der Waals surface area contributed by atoms with Crippen molar-refractivity contribution in [3.05, 3.63) is 11.7 Å². The van der Waals surface area contributed by atoms with Gasteiger partial charge in [0.15, 0.2) is 5.82 Å². The third-order valence-electron chi connectivity index (χ3n) is 4.74. The molecule has 1 aromatic rings. The van der Waals surface area contributed by atoms with E-state index in [0.717, 1.165) is 31.6 Å². The zero-order valence-electron chi connectivity index (χ0n) is 15.6. The Hall–Kier alpha value is -1.43. The quantitative estimate of drug-likeness (QED) is 0.829. The maximum Gasteiger partial charge on any atom is 0.306 e. The Labute approximate surface area is 144 Å². The molecule has 6 heteroatoms. The van der Waals surface area contributed by atoms with Gasteiger partial charge in [-0.1, -0.05) is 19.0 Å². The van der Waals surface area contributed by atoms with Crippen LogP contribution in [0.25, 0.3) is 0 Å². The fraction of sp³-hybridized carbons (Fsp3) is 0.833. The molecular formula is C18H31N3O3. The van der Waals surface area contributed by atoms with Gasteiger partial charge in [0.1, 0.15) is 5.60 Å². The average Bonchev–Trinajstić information content (AvgIpc) is 2.93. The van der Waals surface area contributed by atoms with Crippen molar-refractivity contribution in [2.45, 2.75) is 84.3 Å². The summed E-state index contributed by atoms with van der Waals surface area (Å²) in [6.07, 6.45) is 4.55. The SMILES string of the molecule is CC(C)C1CCC(N)(c2noc(CCC(=O)OC(C)(C)C)n2)CC1. The Kier molecular flexibility index (Phi) is 5.68. The maximum absolute atomic E-state index is 11.8. The Balaban J connectivity index is 1.90. The lowest BCUT2D eigenvalue weighted by Crippen LogP contribution is -2.42. The van der Waals surface area contributed by atoms with Gasteiger partial charge in [-0.05, 0) is 58.3 Å². The van der Waals surface area contributed by atoms with E-state index in [1.54, 1.807) is 0 Å². The summed E-state index contributed by atoms with van der Waals surface area (Å²) in [6, 6.07) is 0. The van der Waals surface area contributed by atoms with E-state index in [4.69, 9.17) is 15.0 Å². The lowest BCUT2D eigenvalue weighted by Gasteiger charge is -2.36. The molecule has 6 nitrogen and oxygen atoms in total. The Bertz CT molecular complexity index is 552. The maximum atomic E-state index is 11.8. The Morgan fingerprint density at radius 2 is 2.00 bits per heavy atom. The molecule has 1 aliphatic rings. The molecule has 0 aliphatic heterocycles. The zero-order chi connectivity index (χ0) is 18.0. The largest absolute Gasteiger partial charge is 0.460 e. The van der Waals surface area contributed by atoms with Gasteiger partial charge in [0.2, 0.25) is 5.89 Å². The van der Waals surface area contributed by atoms with Gasteiger partial charge in [-0.2, -0.15) is 4.98 Å². The van der Waals surface area contributed by atoms with Crippen molar-refractivity contribution in [1.82, 2.24) is 10.1 Å². The van der Waals surface area contributed by atoms with Crippen molar-refractivity contribution in [3.63, 3.8) is 0 Å². The first-order chi connectivity index (χ1) is 11.1. The van der Waals surface area contributed by atoms with Gasteiger partial charge < -0.3 is 15.0 Å². The zero-order valence-corrected chi connectivity index (χ0v) is 15.6. The van der Waals surface area contributed by atoms with Gasteiger partial charge in [-0.25, -0.2) is 0 Å². The van der Waals surface area contributed by atoms with Gasteiger partial charge >= 0.3 is 5.97 Å². The van der Waals surface area contributed by atoms with Crippen molar-refractivity contribution in [2.75, 3.05) is 0 Å². The monoisotopic (exact) mass is 337 g/mol. The first-order valence-corrected chi connectivity index (χ1v) is 8.93. The predicted molar refractivity (Wildman–Crippen MR) is 91.1 cm³/mol. The highest BCUT2D eigenvalue weighted by Crippen LogP contribution is 2.39. The lowest BCUT2D eigenvalue weighted by molar-refractivity contribution is -0.154. The third-order valence-corrected chi connectivity index (χ3v) is 4.74. The number of carbonyl (C=O) groups is 1. The van der Waals surface area contributed by atoms with Crippen LogP contribution in [0, 0.1) is 11.8 Å². The second kappa shape index (κ2) is 7.21. The molecule has 2 rings (SSSR count). The smallest absolute Gasteiger partial charge is 0.306 e. The molecule has 1 saturated carbocycles. The summed E-state index contributed by atoms with van der Waals surface area (Å²) in [4.78, 5) is 16.2. The van der Waals surface area contributed by atoms with E-state index >= 15 is 0 Å². The summed E-state index contributed by atoms with van der Waals surface area (Å²) >= 11 is 0. The number of nitrogens with zero attached hydrogens (tertiary/aromatic N) is 2. The fourth-order valence-electron chi connectivity index (χ4n) is 3.21. The van der Waals surface area contributed by atoms with Crippen LogP contribution >= 0.6 is 0 Å². The highest BCUT2D eigenvalue weighted by atomic mass is 16.6. The van der Waals surface area contributed by atoms with E-state index in [0.29, 0.717) is 24.1 Å². The minimum Gasteiger partial charge on any atom is -0.460 e. The molecule has 24 heavy (non-hydrogen) atoms. The highest BCUT2D eigenvalue weighted by molar-refractivity contribution is 5.70. The summed E-state index contributed by atoms with van der Waals surface area (Å²) in [7, 11) is 0. The van der Waals surface area contributed by atoms with Crippen LogP contribution in [0.3, 0.4) is 0 Å². The second-order valence-corrected chi connectivity index (χ2v) is 8.34. The number of esters is 1. The van der Waals surface area contributed by atoms with Crippen LogP contribution in [0.4, 0.5) is 0 Å². The molecule has 0 saturated heterocycles. The minimum absolute atomic E-state index is 0.228. The van der Waals surface area contributed by atoms with E-state index in [9.17, 15) is 4.79 Å². The van der Waals surface area contributed by atoms with Gasteiger partial charge in [0.25, 0.3) is 0 Å². The standard InChI is InChI=1S/C18H31N3O3/c1-12(2)13-8-10-18(19,11-9-13)16-20-14(24-21-16)6-7-15(22)23-17(3,4)5/h12-13H,6-11,19H2,1-5H3. The summed E-state index contributed by atoms with van der Waals surface area (Å²) in [5.74, 6) is 2.17. The predicted octanol–water partition coefficient (Wildman–Crippen LogP) is 3.34. The number of rotatable bonds is 5. The molecule has 0 radical (unpaired) electrons. The molecule has 2 N–H and O–H groups in total. The summed E-state index contributed by atoms with van der Waals surface area (Å²) in [5, 5.41) is 4.07. The molecule has 1 heterocycles. The van der Waals surface area contributed by atoms with Gasteiger partial charge in [-0.3, -0.25) is 4.79 Å². The molecule has 0 aromatic carbocycles. The van der Waals surface area contributed by atoms with Crippen LogP contribution in [0.2, 0.25) is 0 Å². The van der Waals surface area contributed by atoms with Crippen molar-refractivity contribution in [1.29, 1.82) is 0 Å². The molecule has 0 atom stereocenters. The van der Waals surface area contributed by atoms with Crippen molar-refractivity contribution in [3.8, 4) is 0 Å². The molecule has 0 amide bonds. The van der Waals surface area contributed by atoms with Crippen molar-refractivity contribution < 1.29 is 14.1 Å². The first-order valence-electron chi connectivity index (χ1n) is 8.93. The number of carbonyl (C=O) groups excluding carboxylic acids is 1. The molecule has 0 spiro atoms. The molecule has 136 valence electrons. The molecular weight excluding hydrogens is 306 g/mol. The molecule has 1 aliphatic carbocycles. The minimum atomic E-state index is -0.501. The van der Waals surface area contributed by atoms with Gasteiger partial charge in [0, 0.05) is 6.42 Å². The van der Waals surface area contributed by atoms with E-state index in [2.05, 4.69) is 24.0 Å². The molecule has 1 fully saturated rings. The number of ether oxygens (including phenoxy) is 1. The third kappa shape index (κ3) is 5.03. The first kappa shape index (κ1) is 18.9. The van der Waals surface area contributed by atoms with E-state index in [1.165, 1.54) is 0 Å². The molecule has 1 aromatic heterocycles. The van der Waals surface area contributed by atoms with Crippen LogP contribution in [-0.4, -0.2) is 21.7 Å². The van der Waals surface area contributed by atoms with Crippen LogP contribution < -0.4 is 5.73 Å². The van der Waals surface area contributed by atoms with Crippen LogP contribution in [0.1, 0.15) is 78.4 Å². The normalized spacial score (nSPS) is 25.0. The van der Waals surface area contributed by atoms with E-state index in [1.807, 2.05) is 20.8 Å². The number of aryl methyl sites for hydroxylation is 1. The number of nitrogens with two attached hydrogens (primary N) is 1. The summed E-state index contributed by atoms with van der Waals surface area (Å²) in [6.45, 7) is 10.1.